The maximum Gasteiger partial charge on any atom is 0.262 e. The fourth-order valence-electron chi connectivity index (χ4n) is 4.14. The van der Waals surface area contributed by atoms with Crippen molar-refractivity contribution < 1.29 is 18.7 Å². The van der Waals surface area contributed by atoms with Crippen LogP contribution >= 0.6 is 23.4 Å². The molecule has 5 rings (SSSR count). The third-order valence-electron chi connectivity index (χ3n) is 6.09. The van der Waals surface area contributed by atoms with E-state index in [9.17, 15) is 14.4 Å². The van der Waals surface area contributed by atoms with E-state index in [0.29, 0.717) is 51.1 Å². The first kappa shape index (κ1) is 25.3. The average molecular weight is 538 g/mol. The number of hydrogen-bond acceptors (Lipinski definition) is 7. The van der Waals surface area contributed by atoms with Crippen LogP contribution < -0.4 is 10.9 Å². The van der Waals surface area contributed by atoms with Gasteiger partial charge in [0.25, 0.3) is 11.5 Å². The Morgan fingerprint density at radius 2 is 1.95 bits per heavy atom. The molecule has 1 aliphatic rings. The number of amides is 1. The van der Waals surface area contributed by atoms with Crippen molar-refractivity contribution in [2.45, 2.75) is 37.2 Å². The summed E-state index contributed by atoms with van der Waals surface area (Å²) >= 11 is 7.13. The number of nitrogens with one attached hydrogen (secondary N) is 1. The van der Waals surface area contributed by atoms with Crippen LogP contribution in [0.4, 0.5) is 0 Å². The van der Waals surface area contributed by atoms with Crippen molar-refractivity contribution in [1.29, 1.82) is 0 Å². The molecule has 0 radical (unpaired) electrons. The highest BCUT2D eigenvalue weighted by atomic mass is 35.5. The first-order chi connectivity index (χ1) is 18.0. The lowest BCUT2D eigenvalue weighted by molar-refractivity contribution is 0.0937. The minimum atomic E-state index is -0.309. The number of carbonyl (C=O) groups excluding carboxylic acids is 2. The lowest BCUT2D eigenvalue weighted by Gasteiger charge is -2.16. The molecule has 10 heteroatoms. The number of carbonyl (C=O) groups is 2. The molecule has 37 heavy (non-hydrogen) atoms. The highest BCUT2D eigenvalue weighted by Crippen LogP contribution is 2.23. The second kappa shape index (κ2) is 11.3. The Labute approximate surface area is 222 Å². The summed E-state index contributed by atoms with van der Waals surface area (Å²) in [5.41, 5.74) is 1.06. The summed E-state index contributed by atoms with van der Waals surface area (Å²) in [4.78, 5) is 43.7. The maximum atomic E-state index is 13.5. The molecule has 0 aliphatic carbocycles. The summed E-state index contributed by atoms with van der Waals surface area (Å²) in [5.74, 6) is 0.309. The zero-order valence-electron chi connectivity index (χ0n) is 19.8. The Balaban J connectivity index is 1.43. The topological polar surface area (TPSA) is 103 Å². The predicted octanol–water partition coefficient (Wildman–Crippen LogP) is 4.73. The van der Waals surface area contributed by atoms with E-state index in [2.05, 4.69) is 5.32 Å². The van der Waals surface area contributed by atoms with Crippen LogP contribution in [0, 0.1) is 0 Å². The molecule has 3 heterocycles. The number of Topliss-reactive ketones (excluding diaryl/α,β-unsaturated/α-hetero) is 1. The third kappa shape index (κ3) is 5.95. The molecule has 2 aromatic heterocycles. The molecule has 0 spiro atoms. The number of furan rings is 1. The lowest BCUT2D eigenvalue weighted by atomic mass is 10.1. The molecule has 190 valence electrons. The summed E-state index contributed by atoms with van der Waals surface area (Å²) < 4.78 is 12.6. The zero-order valence-corrected chi connectivity index (χ0v) is 21.4. The van der Waals surface area contributed by atoms with Crippen LogP contribution in [0.5, 0.6) is 0 Å². The van der Waals surface area contributed by atoms with Gasteiger partial charge in [0.1, 0.15) is 5.76 Å². The van der Waals surface area contributed by atoms with E-state index < -0.39 is 0 Å². The molecular formula is C27H24ClN3O5S. The molecule has 1 unspecified atom stereocenters. The van der Waals surface area contributed by atoms with Crippen LogP contribution in [-0.4, -0.2) is 39.7 Å². The quantitative estimate of drug-likeness (QED) is 0.187. The number of ether oxygens (including phenoxy) is 1. The standard InChI is InChI=1S/C27H24ClN3O5S/c28-19-8-5-17(6-9-19)24(32)16-37-27-30-23-13-18(25(33)29-14-20-3-1-11-35-20)7-10-22(23)26(34)31(27)15-21-4-2-12-36-21/h1,3,5-11,13,21H,2,4,12,14-16H2,(H,29,33). The van der Waals surface area contributed by atoms with Crippen molar-refractivity contribution in [3.8, 4) is 0 Å². The van der Waals surface area contributed by atoms with Gasteiger partial charge in [-0.25, -0.2) is 4.98 Å². The molecule has 1 atom stereocenters. The fourth-order valence-corrected chi connectivity index (χ4v) is 5.17. The predicted molar refractivity (Wildman–Crippen MR) is 141 cm³/mol. The Bertz CT molecular complexity index is 1480. The Hall–Kier alpha value is -3.40. The molecule has 0 bridgehead atoms. The van der Waals surface area contributed by atoms with E-state index in [-0.39, 0.29) is 35.7 Å². The number of halogens is 1. The van der Waals surface area contributed by atoms with E-state index in [1.807, 2.05) is 0 Å². The molecule has 0 saturated carbocycles. The van der Waals surface area contributed by atoms with E-state index >= 15 is 0 Å². The van der Waals surface area contributed by atoms with Crippen molar-refractivity contribution in [2.75, 3.05) is 12.4 Å². The molecule has 1 aliphatic heterocycles. The van der Waals surface area contributed by atoms with Gasteiger partial charge in [-0.1, -0.05) is 23.4 Å². The molecule has 1 N–H and O–H groups in total. The monoisotopic (exact) mass is 537 g/mol. The number of nitrogens with zero attached hydrogens (tertiary/aromatic N) is 2. The number of aromatic nitrogens is 2. The lowest BCUT2D eigenvalue weighted by Crippen LogP contribution is -2.29. The van der Waals surface area contributed by atoms with Gasteiger partial charge in [0.05, 0.1) is 42.1 Å². The van der Waals surface area contributed by atoms with Gasteiger partial charge in [-0.05, 0) is 67.4 Å². The van der Waals surface area contributed by atoms with E-state index in [4.69, 9.17) is 25.7 Å². The first-order valence-electron chi connectivity index (χ1n) is 11.9. The smallest absolute Gasteiger partial charge is 0.262 e. The number of ketones is 1. The second-order valence-electron chi connectivity index (χ2n) is 8.66. The van der Waals surface area contributed by atoms with Crippen molar-refractivity contribution in [3.05, 3.63) is 93.1 Å². The zero-order chi connectivity index (χ0) is 25.8. The fraction of sp³-hybridized carbons (Fsp3) is 0.259. The van der Waals surface area contributed by atoms with Gasteiger partial charge in [-0.3, -0.25) is 19.0 Å². The number of hydrogen-bond donors (Lipinski definition) is 1. The minimum absolute atomic E-state index is 0.0880. The molecule has 2 aromatic carbocycles. The molecule has 1 saturated heterocycles. The highest BCUT2D eigenvalue weighted by Gasteiger charge is 2.21. The van der Waals surface area contributed by atoms with Gasteiger partial charge in [0, 0.05) is 22.8 Å². The molecular weight excluding hydrogens is 514 g/mol. The van der Waals surface area contributed by atoms with Gasteiger partial charge in [-0.2, -0.15) is 0 Å². The number of fused-ring (bicyclic) bond motifs is 1. The first-order valence-corrected chi connectivity index (χ1v) is 13.2. The van der Waals surface area contributed by atoms with Crippen LogP contribution in [0.15, 0.2) is 75.2 Å². The number of rotatable bonds is 9. The highest BCUT2D eigenvalue weighted by molar-refractivity contribution is 7.99. The Morgan fingerprint density at radius 1 is 1.14 bits per heavy atom. The maximum absolute atomic E-state index is 13.5. The molecule has 8 nitrogen and oxygen atoms in total. The summed E-state index contributed by atoms with van der Waals surface area (Å²) in [6, 6.07) is 15.0. The minimum Gasteiger partial charge on any atom is -0.467 e. The van der Waals surface area contributed by atoms with Crippen molar-refractivity contribution in [3.63, 3.8) is 0 Å². The van der Waals surface area contributed by atoms with Crippen LogP contribution in [0.25, 0.3) is 10.9 Å². The van der Waals surface area contributed by atoms with Crippen molar-refractivity contribution in [1.82, 2.24) is 14.9 Å². The summed E-state index contributed by atoms with van der Waals surface area (Å²) in [7, 11) is 0. The summed E-state index contributed by atoms with van der Waals surface area (Å²) in [6.45, 7) is 1.26. The summed E-state index contributed by atoms with van der Waals surface area (Å²) in [6.07, 6.45) is 3.25. The van der Waals surface area contributed by atoms with Gasteiger partial charge < -0.3 is 14.5 Å². The number of thioether (sulfide) groups is 1. The largest absolute Gasteiger partial charge is 0.467 e. The van der Waals surface area contributed by atoms with E-state index in [1.54, 1.807) is 65.4 Å². The van der Waals surface area contributed by atoms with Crippen LogP contribution in [0.3, 0.4) is 0 Å². The van der Waals surface area contributed by atoms with Crippen molar-refractivity contribution >= 4 is 46.0 Å². The molecule has 4 aromatic rings. The van der Waals surface area contributed by atoms with Crippen LogP contribution in [0.1, 0.15) is 39.3 Å². The van der Waals surface area contributed by atoms with E-state index in [1.165, 1.54) is 11.8 Å². The molecule has 1 fully saturated rings. The summed E-state index contributed by atoms with van der Waals surface area (Å²) in [5, 5.41) is 4.15. The van der Waals surface area contributed by atoms with Crippen molar-refractivity contribution in [2.24, 2.45) is 0 Å². The normalized spacial score (nSPS) is 15.2. The van der Waals surface area contributed by atoms with Gasteiger partial charge >= 0.3 is 0 Å². The average Bonchev–Trinajstić information content (AvgIpc) is 3.62. The van der Waals surface area contributed by atoms with Gasteiger partial charge in [0.15, 0.2) is 10.9 Å². The second-order valence-corrected chi connectivity index (χ2v) is 10.0. The Morgan fingerprint density at radius 3 is 2.68 bits per heavy atom. The SMILES string of the molecule is O=C(CSc1nc2cc(C(=O)NCc3ccco3)ccc2c(=O)n1CC1CCCO1)c1ccc(Cl)cc1. The molecule has 1 amide bonds. The van der Waals surface area contributed by atoms with Gasteiger partial charge in [-0.15, -0.1) is 0 Å². The Kier molecular flexibility index (Phi) is 7.73. The third-order valence-corrected chi connectivity index (χ3v) is 7.32. The number of benzene rings is 2. The van der Waals surface area contributed by atoms with Crippen LogP contribution in [-0.2, 0) is 17.8 Å². The van der Waals surface area contributed by atoms with Gasteiger partial charge in [0.2, 0.25) is 0 Å². The van der Waals surface area contributed by atoms with E-state index in [0.717, 1.165) is 12.8 Å². The van der Waals surface area contributed by atoms with Crippen LogP contribution in [0.2, 0.25) is 5.02 Å².